The van der Waals surface area contributed by atoms with Gasteiger partial charge in [0.1, 0.15) is 16.2 Å². The third kappa shape index (κ3) is 2.55. The van der Waals surface area contributed by atoms with Gasteiger partial charge in [-0.1, -0.05) is 6.92 Å². The molecule has 2 aromatic rings. The second-order valence-electron chi connectivity index (χ2n) is 5.55. The Hall–Kier alpha value is -1.12. The molecule has 3 nitrogen and oxygen atoms in total. The van der Waals surface area contributed by atoms with Gasteiger partial charge in [0.2, 0.25) is 0 Å². The van der Waals surface area contributed by atoms with Gasteiger partial charge in [0.25, 0.3) is 0 Å². The van der Waals surface area contributed by atoms with E-state index in [1.807, 2.05) is 18.3 Å². The molecule has 20 heavy (non-hydrogen) atoms. The van der Waals surface area contributed by atoms with Gasteiger partial charge in [0.05, 0.1) is 12.0 Å². The number of aromatic nitrogens is 2. The van der Waals surface area contributed by atoms with Crippen LogP contribution in [-0.4, -0.2) is 15.7 Å². The average molecular weight is 303 g/mol. The van der Waals surface area contributed by atoms with Crippen molar-refractivity contribution in [3.05, 3.63) is 16.8 Å². The highest BCUT2D eigenvalue weighted by atomic mass is 32.2. The highest BCUT2D eigenvalue weighted by Gasteiger charge is 2.23. The van der Waals surface area contributed by atoms with Gasteiger partial charge in [-0.15, -0.1) is 23.1 Å². The molecule has 104 valence electrons. The van der Waals surface area contributed by atoms with Gasteiger partial charge in [-0.05, 0) is 37.7 Å². The molecule has 2 aromatic heterocycles. The summed E-state index contributed by atoms with van der Waals surface area (Å²) in [6, 6.07) is 2.28. The van der Waals surface area contributed by atoms with E-state index in [1.165, 1.54) is 28.7 Å². The van der Waals surface area contributed by atoms with E-state index in [0.29, 0.717) is 0 Å². The van der Waals surface area contributed by atoms with Crippen molar-refractivity contribution >= 4 is 33.3 Å². The Morgan fingerprint density at radius 3 is 3.20 bits per heavy atom. The Morgan fingerprint density at radius 2 is 2.40 bits per heavy atom. The molecular weight excluding hydrogens is 286 g/mol. The largest absolute Gasteiger partial charge is 0.229 e. The van der Waals surface area contributed by atoms with Gasteiger partial charge in [0.15, 0.2) is 0 Å². The van der Waals surface area contributed by atoms with Crippen LogP contribution in [0.2, 0.25) is 0 Å². The van der Waals surface area contributed by atoms with Crippen LogP contribution in [0.5, 0.6) is 0 Å². The second-order valence-corrected chi connectivity index (χ2v) is 7.64. The van der Waals surface area contributed by atoms with Crippen molar-refractivity contribution in [1.82, 2.24) is 9.97 Å². The number of thioether (sulfide) groups is 1. The van der Waals surface area contributed by atoms with Gasteiger partial charge in [-0.3, -0.25) is 0 Å². The lowest BCUT2D eigenvalue weighted by molar-refractivity contribution is 0.509. The Morgan fingerprint density at radius 1 is 1.55 bits per heavy atom. The van der Waals surface area contributed by atoms with Crippen LogP contribution in [0.15, 0.2) is 11.4 Å². The Bertz CT molecular complexity index is 672. The van der Waals surface area contributed by atoms with E-state index in [1.54, 1.807) is 18.1 Å². The molecule has 0 N–H and O–H groups in total. The number of nitriles is 1. The summed E-state index contributed by atoms with van der Waals surface area (Å²) in [7, 11) is 0. The summed E-state index contributed by atoms with van der Waals surface area (Å²) < 4.78 is 0. The molecule has 3 rings (SSSR count). The van der Waals surface area contributed by atoms with Crippen molar-refractivity contribution in [3.63, 3.8) is 0 Å². The Labute approximate surface area is 127 Å². The van der Waals surface area contributed by atoms with E-state index >= 15 is 0 Å². The standard InChI is InChI=1S/C15H17N3S2/c1-9-3-4-11-12(5-9)20-15-13(11)14(17-8-18-15)19-7-10(2)6-16/h8-10H,3-5,7H2,1-2H3/t9-,10+/m1/s1. The number of fused-ring (bicyclic) bond motifs is 3. The molecule has 0 spiro atoms. The average Bonchev–Trinajstić information content (AvgIpc) is 2.82. The number of hydrogen-bond acceptors (Lipinski definition) is 5. The van der Waals surface area contributed by atoms with Crippen molar-refractivity contribution in [2.75, 3.05) is 5.75 Å². The molecule has 2 atom stereocenters. The molecule has 0 unspecified atom stereocenters. The lowest BCUT2D eigenvalue weighted by Gasteiger charge is -2.18. The molecule has 2 heterocycles. The first-order valence-electron chi connectivity index (χ1n) is 6.96. The number of rotatable bonds is 3. The highest BCUT2D eigenvalue weighted by molar-refractivity contribution is 7.99. The first-order valence-corrected chi connectivity index (χ1v) is 8.77. The molecular formula is C15H17N3S2. The monoisotopic (exact) mass is 303 g/mol. The van der Waals surface area contributed by atoms with E-state index in [-0.39, 0.29) is 5.92 Å². The van der Waals surface area contributed by atoms with Crippen LogP contribution in [0.1, 0.15) is 30.7 Å². The number of nitrogens with zero attached hydrogens (tertiary/aromatic N) is 3. The lowest BCUT2D eigenvalue weighted by Crippen LogP contribution is -2.08. The molecule has 0 aromatic carbocycles. The number of aryl methyl sites for hydroxylation is 1. The fourth-order valence-electron chi connectivity index (χ4n) is 2.60. The molecule has 0 aliphatic heterocycles. The summed E-state index contributed by atoms with van der Waals surface area (Å²) in [4.78, 5) is 11.5. The summed E-state index contributed by atoms with van der Waals surface area (Å²) in [5.41, 5.74) is 1.47. The maximum absolute atomic E-state index is 8.91. The van der Waals surface area contributed by atoms with E-state index < -0.39 is 0 Å². The molecule has 0 saturated carbocycles. The van der Waals surface area contributed by atoms with Crippen LogP contribution < -0.4 is 0 Å². The quantitative estimate of drug-likeness (QED) is 0.633. The zero-order valence-corrected chi connectivity index (χ0v) is 13.4. The van der Waals surface area contributed by atoms with Gasteiger partial charge < -0.3 is 0 Å². The van der Waals surface area contributed by atoms with Crippen molar-refractivity contribution in [3.8, 4) is 6.07 Å². The maximum atomic E-state index is 8.91. The smallest absolute Gasteiger partial charge is 0.128 e. The summed E-state index contributed by atoms with van der Waals surface area (Å²) >= 11 is 3.52. The van der Waals surface area contributed by atoms with E-state index in [0.717, 1.165) is 27.9 Å². The molecule has 0 amide bonds. The Balaban J connectivity index is 1.99. The Kier molecular flexibility index (Phi) is 3.95. The summed E-state index contributed by atoms with van der Waals surface area (Å²) in [6.07, 6.45) is 5.24. The van der Waals surface area contributed by atoms with Crippen molar-refractivity contribution in [2.24, 2.45) is 11.8 Å². The second kappa shape index (κ2) is 5.71. The molecule has 0 radical (unpaired) electrons. The van der Waals surface area contributed by atoms with Crippen molar-refractivity contribution < 1.29 is 0 Å². The van der Waals surface area contributed by atoms with E-state index in [9.17, 15) is 0 Å². The van der Waals surface area contributed by atoms with Crippen molar-refractivity contribution in [1.29, 1.82) is 5.26 Å². The fraction of sp³-hybridized carbons (Fsp3) is 0.533. The number of thiophene rings is 1. The molecule has 1 aliphatic carbocycles. The van der Waals surface area contributed by atoms with Crippen LogP contribution in [0.3, 0.4) is 0 Å². The van der Waals surface area contributed by atoms with E-state index in [4.69, 9.17) is 5.26 Å². The van der Waals surface area contributed by atoms with Gasteiger partial charge in [0, 0.05) is 16.0 Å². The van der Waals surface area contributed by atoms with Crippen LogP contribution in [0.4, 0.5) is 0 Å². The highest BCUT2D eigenvalue weighted by Crippen LogP contribution is 2.40. The maximum Gasteiger partial charge on any atom is 0.128 e. The van der Waals surface area contributed by atoms with Gasteiger partial charge >= 0.3 is 0 Å². The first kappa shape index (κ1) is 13.8. The first-order chi connectivity index (χ1) is 9.69. The van der Waals surface area contributed by atoms with Crippen LogP contribution in [-0.2, 0) is 12.8 Å². The van der Waals surface area contributed by atoms with Crippen LogP contribution in [0, 0.1) is 23.2 Å². The molecule has 5 heteroatoms. The summed E-state index contributed by atoms with van der Waals surface area (Å²) in [5, 5.41) is 11.2. The third-order valence-corrected chi connectivity index (χ3v) is 6.16. The third-order valence-electron chi connectivity index (χ3n) is 3.75. The predicted octanol–water partition coefficient (Wildman–Crippen LogP) is 4.07. The SMILES string of the molecule is C[C@@H]1CCc2c(sc3ncnc(SC[C@@H](C)C#N)c23)C1. The predicted molar refractivity (Wildman–Crippen MR) is 84.1 cm³/mol. The van der Waals surface area contributed by atoms with Crippen molar-refractivity contribution in [2.45, 2.75) is 38.1 Å². The van der Waals surface area contributed by atoms with Crippen LogP contribution in [0.25, 0.3) is 10.2 Å². The minimum atomic E-state index is 0.0551. The topological polar surface area (TPSA) is 49.6 Å². The van der Waals surface area contributed by atoms with Gasteiger partial charge in [-0.2, -0.15) is 5.26 Å². The van der Waals surface area contributed by atoms with Crippen LogP contribution >= 0.6 is 23.1 Å². The molecule has 0 bridgehead atoms. The minimum Gasteiger partial charge on any atom is -0.229 e. The summed E-state index contributed by atoms with van der Waals surface area (Å²) in [5.74, 6) is 1.63. The summed E-state index contributed by atoms with van der Waals surface area (Å²) in [6.45, 7) is 4.28. The zero-order valence-electron chi connectivity index (χ0n) is 11.7. The molecule has 0 fully saturated rings. The minimum absolute atomic E-state index is 0.0551. The molecule has 0 saturated heterocycles. The fourth-order valence-corrected chi connectivity index (χ4v) is 4.98. The molecule has 1 aliphatic rings. The van der Waals surface area contributed by atoms with Gasteiger partial charge in [-0.25, -0.2) is 9.97 Å². The normalized spacial score (nSPS) is 19.6. The lowest BCUT2D eigenvalue weighted by atomic mass is 9.89. The zero-order chi connectivity index (χ0) is 14.1. The van der Waals surface area contributed by atoms with E-state index in [2.05, 4.69) is 23.0 Å². The number of hydrogen-bond donors (Lipinski definition) is 0.